The summed E-state index contributed by atoms with van der Waals surface area (Å²) in [6, 6.07) is 6.35. The van der Waals surface area contributed by atoms with Gasteiger partial charge in [-0.05, 0) is 48.1 Å². The van der Waals surface area contributed by atoms with E-state index < -0.39 is 29.8 Å². The van der Waals surface area contributed by atoms with E-state index in [9.17, 15) is 26.2 Å². The van der Waals surface area contributed by atoms with Gasteiger partial charge in [0.2, 0.25) is 0 Å². The van der Waals surface area contributed by atoms with E-state index in [0.29, 0.717) is 17.7 Å². The van der Waals surface area contributed by atoms with Crippen molar-refractivity contribution in [3.05, 3.63) is 41.7 Å². The molecule has 0 radical (unpaired) electrons. The van der Waals surface area contributed by atoms with Gasteiger partial charge in [0.05, 0.1) is 11.5 Å². The Bertz CT molecular complexity index is 897. The van der Waals surface area contributed by atoms with Crippen LogP contribution in [0.4, 0.5) is 13.2 Å². The number of halogens is 3. The minimum absolute atomic E-state index is 0. The Kier molecular flexibility index (Phi) is 20.0. The van der Waals surface area contributed by atoms with E-state index in [4.69, 9.17) is 4.74 Å². The van der Waals surface area contributed by atoms with E-state index in [2.05, 4.69) is 11.4 Å². The van der Waals surface area contributed by atoms with Crippen LogP contribution in [0.25, 0.3) is 0 Å². The summed E-state index contributed by atoms with van der Waals surface area (Å²) in [5, 5.41) is 0. The molecule has 0 amide bonds. The summed E-state index contributed by atoms with van der Waals surface area (Å²) in [5.41, 5.74) is 0.577. The second-order valence-corrected chi connectivity index (χ2v) is 12.6. The van der Waals surface area contributed by atoms with Crippen molar-refractivity contribution in [3.8, 4) is 5.75 Å². The van der Waals surface area contributed by atoms with Crippen LogP contribution >= 0.6 is 8.03 Å². The van der Waals surface area contributed by atoms with Crippen molar-refractivity contribution in [2.24, 2.45) is 0 Å². The zero-order chi connectivity index (χ0) is 26.9. The van der Waals surface area contributed by atoms with Gasteiger partial charge < -0.3 is 6.16 Å². The molecule has 0 saturated heterocycles. The summed E-state index contributed by atoms with van der Waals surface area (Å²) in [4.78, 5) is 0. The monoisotopic (exact) mass is 577 g/mol. The van der Waals surface area contributed by atoms with Crippen molar-refractivity contribution in [2.45, 2.75) is 90.7 Å². The van der Waals surface area contributed by atoms with Crippen LogP contribution in [0.3, 0.4) is 0 Å². The molecule has 1 rings (SSSR count). The Morgan fingerprint density at radius 1 is 0.919 bits per heavy atom. The molecule has 0 fully saturated rings. The smallest absolute Gasteiger partial charge is 1.00 e. The first kappa shape index (κ1) is 36.4. The largest absolute Gasteiger partial charge is 1.00 e. The Labute approximate surface area is 245 Å². The standard InChI is InChI=1S/C26H41F3O5PS.Na.H/c1-3-5-6-7-8-9-10-11-12-13-21-36(31,32)22-20-33-24-17-14-23(15-18-24)16-19-25(26(27,28)29)34-35(30)4-2;;/h14-15,17-19H,3-13,16,20-22H2,1-2H3;;/q2*+1;-1/b25-19-;;. The number of ether oxygens (including phenoxy) is 1. The van der Waals surface area contributed by atoms with Gasteiger partial charge in [-0.1, -0.05) is 76.8 Å². The van der Waals surface area contributed by atoms with Crippen LogP contribution in [0.2, 0.25) is 0 Å². The predicted octanol–water partition coefficient (Wildman–Crippen LogP) is 5.29. The minimum Gasteiger partial charge on any atom is -1.00 e. The molecule has 0 heterocycles. The van der Waals surface area contributed by atoms with Gasteiger partial charge in [0, 0.05) is 0 Å². The van der Waals surface area contributed by atoms with Crippen molar-refractivity contribution in [3.63, 3.8) is 0 Å². The number of hydrogen-bond donors (Lipinski definition) is 0. The third-order valence-electron chi connectivity index (χ3n) is 5.66. The first-order valence-electron chi connectivity index (χ1n) is 12.9. The first-order valence-corrected chi connectivity index (χ1v) is 16.1. The van der Waals surface area contributed by atoms with Crippen molar-refractivity contribution >= 4 is 17.9 Å². The molecule has 1 unspecified atom stereocenters. The Hall–Kier alpha value is -0.600. The Morgan fingerprint density at radius 3 is 1.97 bits per heavy atom. The van der Waals surface area contributed by atoms with Crippen molar-refractivity contribution in [1.82, 2.24) is 0 Å². The molecule has 0 aliphatic rings. The molecule has 0 spiro atoms. The second-order valence-electron chi connectivity index (χ2n) is 8.84. The van der Waals surface area contributed by atoms with E-state index in [-0.39, 0.29) is 61.7 Å². The molecule has 0 bridgehead atoms. The van der Waals surface area contributed by atoms with Gasteiger partial charge in [0.15, 0.2) is 16.0 Å². The van der Waals surface area contributed by atoms with Crippen molar-refractivity contribution in [2.75, 3.05) is 24.3 Å². The zero-order valence-electron chi connectivity index (χ0n) is 23.5. The molecule has 0 N–H and O–H groups in total. The van der Waals surface area contributed by atoms with Crippen LogP contribution in [0.15, 0.2) is 36.1 Å². The number of unbranched alkanes of at least 4 members (excludes halogenated alkanes) is 9. The average molecular weight is 578 g/mol. The van der Waals surface area contributed by atoms with Gasteiger partial charge >= 0.3 is 43.8 Å². The van der Waals surface area contributed by atoms with Gasteiger partial charge in [0.1, 0.15) is 12.4 Å². The first-order chi connectivity index (χ1) is 17.1. The fourth-order valence-electron chi connectivity index (χ4n) is 3.51. The van der Waals surface area contributed by atoms with Gasteiger partial charge in [-0.15, -0.1) is 0 Å². The second kappa shape index (κ2) is 20.3. The fourth-order valence-corrected chi connectivity index (χ4v) is 5.22. The van der Waals surface area contributed by atoms with Gasteiger partial charge in [-0.25, -0.2) is 12.9 Å². The molecular formula is C26H42F3NaO5PS+. The number of allylic oxidation sites excluding steroid dienone is 2. The van der Waals surface area contributed by atoms with Crippen LogP contribution in [-0.2, 0) is 25.3 Å². The maximum atomic E-state index is 13.0. The van der Waals surface area contributed by atoms with E-state index in [1.54, 1.807) is 24.3 Å². The number of alkyl halides is 3. The quantitative estimate of drug-likeness (QED) is 0.0913. The maximum Gasteiger partial charge on any atom is 1.00 e. The summed E-state index contributed by atoms with van der Waals surface area (Å²) in [6.45, 7) is 3.71. The molecule has 5 nitrogen and oxygen atoms in total. The zero-order valence-corrected chi connectivity index (χ0v) is 26.2. The molecule has 0 aliphatic carbocycles. The van der Waals surface area contributed by atoms with E-state index >= 15 is 0 Å². The van der Waals surface area contributed by atoms with Crippen LogP contribution in [-0.4, -0.2) is 38.9 Å². The third kappa shape index (κ3) is 18.3. The van der Waals surface area contributed by atoms with Crippen molar-refractivity contribution in [1.29, 1.82) is 0 Å². The molecular weight excluding hydrogens is 535 g/mol. The summed E-state index contributed by atoms with van der Waals surface area (Å²) < 4.78 is 84.9. The number of rotatable bonds is 20. The average Bonchev–Trinajstić information content (AvgIpc) is 2.82. The minimum atomic E-state index is -4.72. The number of sulfone groups is 1. The molecule has 208 valence electrons. The van der Waals surface area contributed by atoms with Crippen LogP contribution in [0.5, 0.6) is 5.75 Å². The summed E-state index contributed by atoms with van der Waals surface area (Å²) >= 11 is 0. The molecule has 37 heavy (non-hydrogen) atoms. The van der Waals surface area contributed by atoms with Crippen molar-refractivity contribution < 1.29 is 66.4 Å². The SMILES string of the molecule is CCCCCCCCCCCCS(=O)(=O)CCOc1ccc(C/C=C(\O[P+](=O)CC)C(F)(F)F)cc1.[H-].[Na+]. The molecule has 0 saturated carbocycles. The predicted molar refractivity (Wildman–Crippen MR) is 141 cm³/mol. The van der Waals surface area contributed by atoms with E-state index in [0.717, 1.165) is 25.3 Å². The Morgan fingerprint density at radius 2 is 1.46 bits per heavy atom. The molecule has 1 atom stereocenters. The van der Waals surface area contributed by atoms with Crippen LogP contribution in [0, 0.1) is 0 Å². The van der Waals surface area contributed by atoms with E-state index in [1.165, 1.54) is 45.4 Å². The van der Waals surface area contributed by atoms with Crippen LogP contribution in [0.1, 0.15) is 85.0 Å². The normalized spacial score (nSPS) is 12.7. The fraction of sp³-hybridized carbons (Fsp3) is 0.692. The topological polar surface area (TPSA) is 69.7 Å². The third-order valence-corrected chi connectivity index (χ3v) is 8.27. The van der Waals surface area contributed by atoms with Gasteiger partial charge in [0.25, 0.3) is 5.76 Å². The van der Waals surface area contributed by atoms with Crippen LogP contribution < -0.4 is 34.3 Å². The Balaban J connectivity index is 0. The summed E-state index contributed by atoms with van der Waals surface area (Å²) in [7, 11) is -5.59. The molecule has 0 aliphatic heterocycles. The summed E-state index contributed by atoms with van der Waals surface area (Å²) in [5.74, 6) is -0.737. The summed E-state index contributed by atoms with van der Waals surface area (Å²) in [6.07, 6.45) is 7.50. The van der Waals surface area contributed by atoms with Gasteiger partial charge in [-0.2, -0.15) is 13.2 Å². The molecule has 1 aromatic carbocycles. The molecule has 1 aromatic rings. The maximum absolute atomic E-state index is 13.0. The number of benzene rings is 1. The molecule has 11 heteroatoms. The number of hydrogen-bond acceptors (Lipinski definition) is 5. The van der Waals surface area contributed by atoms with Gasteiger partial charge in [-0.3, -0.25) is 0 Å². The van der Waals surface area contributed by atoms with E-state index in [1.807, 2.05) is 0 Å². The molecule has 0 aromatic heterocycles.